The van der Waals surface area contributed by atoms with Gasteiger partial charge in [-0.3, -0.25) is 0 Å². The highest BCUT2D eigenvalue weighted by Gasteiger charge is 1.97. The molecule has 2 nitrogen and oxygen atoms in total. The first-order chi connectivity index (χ1) is 4.74. The highest BCUT2D eigenvalue weighted by atomic mass is 35.5. The molecule has 0 spiro atoms. The molecule has 2 N–H and O–H groups in total. The van der Waals surface area contributed by atoms with E-state index in [4.69, 9.17) is 17.1 Å². The number of hydrogen-bond donors (Lipinski definition) is 1. The van der Waals surface area contributed by atoms with Gasteiger partial charge in [-0.1, -0.05) is 11.6 Å². The Morgan fingerprint density at radius 1 is 1.50 bits per heavy atom. The first-order valence-electron chi connectivity index (χ1n) is 2.91. The van der Waals surface area contributed by atoms with Gasteiger partial charge in [-0.05, 0) is 35.8 Å². The monoisotopic (exact) mass is 155 g/mol. The lowest BCUT2D eigenvalue weighted by Gasteiger charge is -1.94. The molecule has 10 heavy (non-hydrogen) atoms. The van der Waals surface area contributed by atoms with E-state index in [0.717, 1.165) is 11.3 Å². The largest absolute Gasteiger partial charge is 0.152 e. The lowest BCUT2D eigenvalue weighted by Crippen LogP contribution is -2.22. The average Bonchev–Trinajstić information content (AvgIpc) is 1.88. The van der Waals surface area contributed by atoms with Gasteiger partial charge in [0.25, 0.3) is 0 Å². The van der Waals surface area contributed by atoms with Crippen LogP contribution in [0, 0.1) is 6.92 Å². The van der Waals surface area contributed by atoms with Crippen molar-refractivity contribution >= 4 is 17.3 Å². The average molecular weight is 156 g/mol. The summed E-state index contributed by atoms with van der Waals surface area (Å²) >= 11 is 5.69. The topological polar surface area (TPSA) is 38.0 Å². The van der Waals surface area contributed by atoms with E-state index in [9.17, 15) is 0 Å². The minimum absolute atomic E-state index is 0.713. The van der Waals surface area contributed by atoms with Gasteiger partial charge in [0.15, 0.2) is 0 Å². The molecule has 0 aliphatic rings. The molecule has 3 heteroatoms. The third-order valence-electron chi connectivity index (χ3n) is 1.30. The summed E-state index contributed by atoms with van der Waals surface area (Å²) in [6.45, 7) is 1.91. The van der Waals surface area contributed by atoms with Crippen LogP contribution in [0.3, 0.4) is 0 Å². The van der Waals surface area contributed by atoms with Gasteiger partial charge in [-0.15, -0.1) is 0 Å². The third kappa shape index (κ3) is 1.33. The van der Waals surface area contributed by atoms with E-state index in [1.807, 2.05) is 13.0 Å². The number of halogens is 1. The molecule has 0 saturated heterocycles. The predicted octanol–water partition coefficient (Wildman–Crippen LogP) is 1.49. The van der Waals surface area contributed by atoms with Crippen molar-refractivity contribution in [1.82, 2.24) is 0 Å². The van der Waals surface area contributed by atoms with E-state index in [0.29, 0.717) is 5.02 Å². The third-order valence-corrected chi connectivity index (χ3v) is 1.53. The van der Waals surface area contributed by atoms with Crippen LogP contribution in [0.5, 0.6) is 0 Å². The van der Waals surface area contributed by atoms with Gasteiger partial charge in [-0.25, -0.2) is 0 Å². The fourth-order valence-corrected chi connectivity index (χ4v) is 0.990. The number of rotatable bonds is 1. The van der Waals surface area contributed by atoms with Crippen molar-refractivity contribution in [2.24, 2.45) is 5.11 Å². The van der Waals surface area contributed by atoms with Crippen molar-refractivity contribution in [3.05, 3.63) is 28.8 Å². The molecule has 0 amide bonds. The van der Waals surface area contributed by atoms with Crippen LogP contribution in [0.1, 0.15) is 5.56 Å². The molecular formula is C7H8ClN2+. The Bertz CT molecular complexity index is 258. The molecule has 0 aromatic heterocycles. The molecule has 1 rings (SSSR count). The van der Waals surface area contributed by atoms with Gasteiger partial charge < -0.3 is 0 Å². The summed E-state index contributed by atoms with van der Waals surface area (Å²) in [6.07, 6.45) is 0. The van der Waals surface area contributed by atoms with Gasteiger partial charge >= 0.3 is 0 Å². The van der Waals surface area contributed by atoms with Gasteiger partial charge in [0.1, 0.15) is 5.69 Å². The molecule has 0 bridgehead atoms. The van der Waals surface area contributed by atoms with Crippen LogP contribution < -0.4 is 5.53 Å². The van der Waals surface area contributed by atoms with Crippen LogP contribution >= 0.6 is 11.6 Å². The van der Waals surface area contributed by atoms with Crippen molar-refractivity contribution in [3.63, 3.8) is 0 Å². The Hall–Kier alpha value is -0.890. The van der Waals surface area contributed by atoms with Gasteiger partial charge in [-0.2, -0.15) is 5.53 Å². The number of aryl methyl sites for hydroxylation is 1. The van der Waals surface area contributed by atoms with E-state index in [-0.39, 0.29) is 0 Å². The molecular weight excluding hydrogens is 148 g/mol. The summed E-state index contributed by atoms with van der Waals surface area (Å²) in [4.78, 5) is 0. The fraction of sp³-hybridized carbons (Fsp3) is 0.143. The number of benzene rings is 1. The summed E-state index contributed by atoms with van der Waals surface area (Å²) in [6, 6.07) is 5.38. The van der Waals surface area contributed by atoms with Crippen molar-refractivity contribution in [2.75, 3.05) is 0 Å². The zero-order valence-corrected chi connectivity index (χ0v) is 6.39. The van der Waals surface area contributed by atoms with Crippen LogP contribution in [0.15, 0.2) is 23.3 Å². The van der Waals surface area contributed by atoms with E-state index in [1.54, 1.807) is 12.1 Å². The second kappa shape index (κ2) is 2.80. The number of nitrogens with zero attached hydrogens (tertiary/aromatic N) is 1. The summed E-state index contributed by atoms with van der Waals surface area (Å²) in [5.74, 6) is 0. The van der Waals surface area contributed by atoms with Crippen molar-refractivity contribution in [1.29, 1.82) is 0 Å². The lowest BCUT2D eigenvalue weighted by molar-refractivity contribution is -0.210. The highest BCUT2D eigenvalue weighted by Crippen LogP contribution is 2.20. The molecule has 0 atom stereocenters. The quantitative estimate of drug-likeness (QED) is 0.597. The minimum Gasteiger partial charge on any atom is -0.152 e. The first-order valence-corrected chi connectivity index (χ1v) is 3.29. The van der Waals surface area contributed by atoms with E-state index in [1.165, 1.54) is 0 Å². The zero-order valence-electron chi connectivity index (χ0n) is 5.63. The maximum atomic E-state index is 5.69. The van der Waals surface area contributed by atoms with Crippen molar-refractivity contribution in [3.8, 4) is 0 Å². The molecule has 0 saturated carbocycles. The molecule has 0 radical (unpaired) electrons. The van der Waals surface area contributed by atoms with Crippen LogP contribution in [0.4, 0.5) is 5.69 Å². The van der Waals surface area contributed by atoms with E-state index < -0.39 is 0 Å². The SMILES string of the molecule is Cc1cc(Cl)ccc1N=[NH2+]. The lowest BCUT2D eigenvalue weighted by atomic mass is 10.2. The number of nitrogens with two attached hydrogens (primary N) is 1. The Balaban J connectivity index is 3.19. The van der Waals surface area contributed by atoms with Crippen LogP contribution in [0.2, 0.25) is 5.02 Å². The molecule has 52 valence electrons. The standard InChI is InChI=1S/C7H7ClN2/c1-5-4-6(8)2-3-7(5)10-9/h2-4,9H,1H3/p+1. The molecule has 0 fully saturated rings. The zero-order chi connectivity index (χ0) is 7.56. The molecule has 1 aromatic rings. The van der Waals surface area contributed by atoms with Gasteiger partial charge in [0, 0.05) is 5.02 Å². The Labute approximate surface area is 64.3 Å². The van der Waals surface area contributed by atoms with Crippen molar-refractivity contribution in [2.45, 2.75) is 6.92 Å². The van der Waals surface area contributed by atoms with E-state index >= 15 is 0 Å². The highest BCUT2D eigenvalue weighted by molar-refractivity contribution is 6.30. The van der Waals surface area contributed by atoms with Crippen molar-refractivity contribution < 1.29 is 5.53 Å². The number of hydrogen-bond acceptors (Lipinski definition) is 1. The summed E-state index contributed by atoms with van der Waals surface area (Å²) < 4.78 is 0. The summed E-state index contributed by atoms with van der Waals surface area (Å²) in [7, 11) is 0. The molecule has 0 unspecified atom stereocenters. The first kappa shape index (κ1) is 7.22. The van der Waals surface area contributed by atoms with E-state index in [2.05, 4.69) is 5.11 Å². The second-order valence-corrected chi connectivity index (χ2v) is 2.50. The summed E-state index contributed by atoms with van der Waals surface area (Å²) in [5.41, 5.74) is 6.86. The maximum Gasteiger partial charge on any atom is 0.132 e. The van der Waals surface area contributed by atoms with Crippen LogP contribution in [-0.4, -0.2) is 0 Å². The fourth-order valence-electron chi connectivity index (χ4n) is 0.764. The molecule has 0 aliphatic heterocycles. The Morgan fingerprint density at radius 3 is 2.70 bits per heavy atom. The smallest absolute Gasteiger partial charge is 0.132 e. The predicted molar refractivity (Wildman–Crippen MR) is 40.2 cm³/mol. The van der Waals surface area contributed by atoms with Crippen LogP contribution in [0.25, 0.3) is 0 Å². The molecule has 0 heterocycles. The van der Waals surface area contributed by atoms with Crippen LogP contribution in [-0.2, 0) is 0 Å². The minimum atomic E-state index is 0.713. The van der Waals surface area contributed by atoms with Gasteiger partial charge in [0.05, 0.1) is 0 Å². The van der Waals surface area contributed by atoms with Gasteiger partial charge in [0.2, 0.25) is 0 Å². The second-order valence-electron chi connectivity index (χ2n) is 2.06. The molecule has 1 aromatic carbocycles. The Morgan fingerprint density at radius 2 is 2.20 bits per heavy atom. The normalized spacial score (nSPS) is 9.40. The Kier molecular flexibility index (Phi) is 2.02. The molecule has 0 aliphatic carbocycles. The summed E-state index contributed by atoms with van der Waals surface area (Å²) in [5, 5.41) is 4.27. The maximum absolute atomic E-state index is 5.69.